The molecule has 1 rings (SSSR count). The molecule has 1 aromatic rings. The summed E-state index contributed by atoms with van der Waals surface area (Å²) in [6.45, 7) is 1.21. The third-order valence-corrected chi connectivity index (χ3v) is 1.83. The average molecular weight is 240 g/mol. The number of likely N-dealkylation sites (N-methyl/N-ethyl adjacent to an activating group) is 1. The Kier molecular flexibility index (Phi) is 5.31. The minimum atomic E-state index is -0.438. The number of hydroxylamine groups is 1. The van der Waals surface area contributed by atoms with Gasteiger partial charge in [-0.3, -0.25) is 9.63 Å². The summed E-state index contributed by atoms with van der Waals surface area (Å²) >= 11 is 0. The fraction of sp³-hybridized carbons (Fsp3) is 0.500. The van der Waals surface area contributed by atoms with Crippen LogP contribution in [-0.2, 0) is 4.84 Å². The molecule has 0 saturated heterocycles. The zero-order valence-corrected chi connectivity index (χ0v) is 10.1. The predicted octanol–water partition coefficient (Wildman–Crippen LogP) is -0.292. The van der Waals surface area contributed by atoms with Crippen molar-refractivity contribution in [3.8, 4) is 6.01 Å². The largest absolute Gasteiger partial charge is 0.462 e. The maximum Gasteiger partial charge on any atom is 0.317 e. The van der Waals surface area contributed by atoms with Crippen molar-refractivity contribution in [1.82, 2.24) is 20.3 Å². The Hall–Kier alpha value is -1.73. The molecule has 1 amide bonds. The molecule has 0 bridgehead atoms. The molecule has 0 aliphatic heterocycles. The van der Waals surface area contributed by atoms with Crippen LogP contribution in [0.15, 0.2) is 12.3 Å². The summed E-state index contributed by atoms with van der Waals surface area (Å²) < 4.78 is 5.30. The fourth-order valence-corrected chi connectivity index (χ4v) is 1.00. The summed E-state index contributed by atoms with van der Waals surface area (Å²) in [5.74, 6) is -0.438. The van der Waals surface area contributed by atoms with E-state index in [9.17, 15) is 4.79 Å². The Morgan fingerprint density at radius 3 is 2.94 bits per heavy atom. The highest BCUT2D eigenvalue weighted by atomic mass is 16.6. The first kappa shape index (κ1) is 13.3. The summed E-state index contributed by atoms with van der Waals surface area (Å²) in [5, 5.41) is 0. The van der Waals surface area contributed by atoms with E-state index in [2.05, 4.69) is 20.3 Å². The van der Waals surface area contributed by atoms with Crippen molar-refractivity contribution in [2.75, 3.05) is 34.4 Å². The number of ether oxygens (including phenoxy) is 1. The molecule has 94 valence electrons. The normalized spacial score (nSPS) is 10.4. The molecular weight excluding hydrogens is 224 g/mol. The average Bonchev–Trinajstić information content (AvgIpc) is 2.29. The van der Waals surface area contributed by atoms with Gasteiger partial charge >= 0.3 is 6.01 Å². The number of amides is 1. The van der Waals surface area contributed by atoms with Gasteiger partial charge in [0.1, 0.15) is 12.3 Å². The lowest BCUT2D eigenvalue weighted by molar-refractivity contribution is 0.0531. The van der Waals surface area contributed by atoms with Crippen molar-refractivity contribution < 1.29 is 14.4 Å². The van der Waals surface area contributed by atoms with Crippen LogP contribution in [0.1, 0.15) is 10.5 Å². The first-order chi connectivity index (χ1) is 8.13. The Morgan fingerprint density at radius 2 is 2.29 bits per heavy atom. The number of aromatic nitrogens is 2. The van der Waals surface area contributed by atoms with Gasteiger partial charge in [-0.1, -0.05) is 0 Å². The molecule has 0 aliphatic rings. The molecule has 0 radical (unpaired) electrons. The number of nitrogens with zero attached hydrogens (tertiary/aromatic N) is 3. The van der Waals surface area contributed by atoms with Crippen molar-refractivity contribution in [3.05, 3.63) is 18.0 Å². The van der Waals surface area contributed by atoms with Gasteiger partial charge in [-0.15, -0.1) is 0 Å². The maximum atomic E-state index is 11.4. The lowest BCUT2D eigenvalue weighted by Gasteiger charge is -2.09. The molecule has 1 aromatic heterocycles. The second-order valence-corrected chi connectivity index (χ2v) is 3.51. The lowest BCUT2D eigenvalue weighted by atomic mass is 10.4. The summed E-state index contributed by atoms with van der Waals surface area (Å²) in [7, 11) is 5.23. The zero-order valence-electron chi connectivity index (χ0n) is 10.1. The molecule has 0 aromatic carbocycles. The Morgan fingerprint density at radius 1 is 1.53 bits per heavy atom. The highest BCUT2D eigenvalue weighted by molar-refractivity contribution is 5.91. The van der Waals surface area contributed by atoms with Crippen LogP contribution in [0.4, 0.5) is 0 Å². The molecule has 7 nitrogen and oxygen atoms in total. The van der Waals surface area contributed by atoms with Crippen molar-refractivity contribution in [3.63, 3.8) is 0 Å². The SMILES string of the molecule is CONC(=O)c1ccnc(OCCN(C)C)n1. The van der Waals surface area contributed by atoms with E-state index < -0.39 is 5.91 Å². The van der Waals surface area contributed by atoms with Crippen molar-refractivity contribution in [2.45, 2.75) is 0 Å². The molecule has 0 aliphatic carbocycles. The van der Waals surface area contributed by atoms with Gasteiger partial charge in [-0.2, -0.15) is 4.98 Å². The zero-order chi connectivity index (χ0) is 12.7. The van der Waals surface area contributed by atoms with Crippen LogP contribution in [-0.4, -0.2) is 55.1 Å². The third-order valence-electron chi connectivity index (χ3n) is 1.83. The van der Waals surface area contributed by atoms with Crippen molar-refractivity contribution in [1.29, 1.82) is 0 Å². The molecular formula is C10H16N4O3. The maximum absolute atomic E-state index is 11.4. The molecule has 7 heteroatoms. The van der Waals surface area contributed by atoms with Crippen LogP contribution >= 0.6 is 0 Å². The van der Waals surface area contributed by atoms with Gasteiger partial charge < -0.3 is 9.64 Å². The van der Waals surface area contributed by atoms with Crippen LogP contribution in [0, 0.1) is 0 Å². The highest BCUT2D eigenvalue weighted by Crippen LogP contribution is 2.02. The topological polar surface area (TPSA) is 76.6 Å². The van der Waals surface area contributed by atoms with Crippen molar-refractivity contribution >= 4 is 5.91 Å². The molecule has 0 unspecified atom stereocenters. The van der Waals surface area contributed by atoms with E-state index in [-0.39, 0.29) is 11.7 Å². The van der Waals surface area contributed by atoms with E-state index in [1.54, 1.807) is 0 Å². The fourth-order valence-electron chi connectivity index (χ4n) is 1.00. The molecule has 0 fully saturated rings. The van der Waals surface area contributed by atoms with Crippen LogP contribution in [0.2, 0.25) is 0 Å². The van der Waals surface area contributed by atoms with Crippen LogP contribution < -0.4 is 10.2 Å². The van der Waals surface area contributed by atoms with E-state index >= 15 is 0 Å². The Bertz CT molecular complexity index is 370. The summed E-state index contributed by atoms with van der Waals surface area (Å²) in [5.41, 5.74) is 2.37. The number of hydrogen-bond acceptors (Lipinski definition) is 6. The molecule has 0 saturated carbocycles. The van der Waals surface area contributed by atoms with Crippen LogP contribution in [0.25, 0.3) is 0 Å². The van der Waals surface area contributed by atoms with E-state index in [4.69, 9.17) is 4.74 Å². The summed E-state index contributed by atoms with van der Waals surface area (Å²) in [6, 6.07) is 1.66. The summed E-state index contributed by atoms with van der Waals surface area (Å²) in [6.07, 6.45) is 1.46. The number of carbonyl (C=O) groups excluding carboxylic acids is 1. The number of hydrogen-bond donors (Lipinski definition) is 1. The lowest BCUT2D eigenvalue weighted by Crippen LogP contribution is -2.24. The second-order valence-electron chi connectivity index (χ2n) is 3.51. The first-order valence-corrected chi connectivity index (χ1v) is 5.07. The van der Waals surface area contributed by atoms with Gasteiger partial charge in [-0.25, -0.2) is 10.5 Å². The van der Waals surface area contributed by atoms with Gasteiger partial charge in [0.2, 0.25) is 0 Å². The van der Waals surface area contributed by atoms with Gasteiger partial charge in [0.15, 0.2) is 0 Å². The standard InChI is InChI=1S/C10H16N4O3/c1-14(2)6-7-17-10-11-5-4-8(12-10)9(15)13-16-3/h4-5H,6-7H2,1-3H3,(H,13,15). The van der Waals surface area contributed by atoms with Crippen molar-refractivity contribution in [2.24, 2.45) is 0 Å². The predicted molar refractivity (Wildman–Crippen MR) is 60.6 cm³/mol. The molecule has 17 heavy (non-hydrogen) atoms. The number of nitrogens with one attached hydrogen (secondary N) is 1. The summed E-state index contributed by atoms with van der Waals surface area (Å²) in [4.78, 5) is 25.7. The van der Waals surface area contributed by atoms with Gasteiger partial charge in [0.05, 0.1) is 7.11 Å². The third kappa shape index (κ3) is 4.75. The van der Waals surface area contributed by atoms with Gasteiger partial charge in [0.25, 0.3) is 5.91 Å². The van der Waals surface area contributed by atoms with Gasteiger partial charge in [-0.05, 0) is 20.2 Å². The number of carbonyl (C=O) groups is 1. The van der Waals surface area contributed by atoms with E-state index in [1.165, 1.54) is 19.4 Å². The minimum Gasteiger partial charge on any atom is -0.462 e. The van der Waals surface area contributed by atoms with E-state index in [0.717, 1.165) is 6.54 Å². The van der Waals surface area contributed by atoms with Gasteiger partial charge in [0, 0.05) is 12.7 Å². The smallest absolute Gasteiger partial charge is 0.317 e. The minimum absolute atomic E-state index is 0.176. The molecule has 1 heterocycles. The molecule has 0 atom stereocenters. The molecule has 1 N–H and O–H groups in total. The Labute approximate surface area is 99.7 Å². The monoisotopic (exact) mass is 240 g/mol. The quantitative estimate of drug-likeness (QED) is 0.688. The first-order valence-electron chi connectivity index (χ1n) is 5.07. The highest BCUT2D eigenvalue weighted by Gasteiger charge is 2.08. The molecule has 0 spiro atoms. The van der Waals surface area contributed by atoms with Crippen LogP contribution in [0.3, 0.4) is 0 Å². The number of rotatable bonds is 6. The second kappa shape index (κ2) is 6.77. The Balaban J connectivity index is 2.56. The van der Waals surface area contributed by atoms with Crippen LogP contribution in [0.5, 0.6) is 6.01 Å². The van der Waals surface area contributed by atoms with E-state index in [1.807, 2.05) is 19.0 Å². The van der Waals surface area contributed by atoms with E-state index in [0.29, 0.717) is 6.61 Å².